The van der Waals surface area contributed by atoms with Crippen molar-refractivity contribution in [2.24, 2.45) is 4.99 Å². The number of hydrogen-bond donors (Lipinski definition) is 0. The van der Waals surface area contributed by atoms with Crippen LogP contribution in [0.15, 0.2) is 137 Å². The number of aliphatic imine (C=N–C) groups is 1. The van der Waals surface area contributed by atoms with E-state index < -0.39 is 0 Å². The van der Waals surface area contributed by atoms with Crippen LogP contribution in [0.5, 0.6) is 5.75 Å². The van der Waals surface area contributed by atoms with E-state index in [1.807, 2.05) is 90.3 Å². The van der Waals surface area contributed by atoms with Crippen molar-refractivity contribution >= 4 is 23.3 Å². The molecule has 0 radical (unpaired) electrons. The van der Waals surface area contributed by atoms with Crippen LogP contribution in [0.4, 0.5) is 5.69 Å². The Morgan fingerprint density at radius 3 is 1.87 bits per heavy atom. The predicted octanol–water partition coefficient (Wildman–Crippen LogP) is 7.77. The normalized spacial score (nSPS) is 11.5. The van der Waals surface area contributed by atoms with Gasteiger partial charge >= 0.3 is 0 Å². The number of benzene rings is 4. The zero-order valence-corrected chi connectivity index (χ0v) is 17.2. The van der Waals surface area contributed by atoms with Gasteiger partial charge in [0.05, 0.1) is 5.69 Å². The van der Waals surface area contributed by atoms with Gasteiger partial charge in [-0.2, -0.15) is 0 Å². The summed E-state index contributed by atoms with van der Waals surface area (Å²) in [6.07, 6.45) is 1.90. The first kappa shape index (κ1) is 19.7. The van der Waals surface area contributed by atoms with Crippen molar-refractivity contribution in [2.45, 2.75) is 4.90 Å². The third-order valence-corrected chi connectivity index (χ3v) is 5.15. The molecule has 0 spiro atoms. The Morgan fingerprint density at radius 1 is 0.633 bits per heavy atom. The van der Waals surface area contributed by atoms with E-state index >= 15 is 0 Å². The molecular formula is C27H21NOS. The van der Waals surface area contributed by atoms with Gasteiger partial charge in [-0.1, -0.05) is 90.6 Å². The fourth-order valence-corrected chi connectivity index (χ4v) is 3.52. The smallest absolute Gasteiger partial charge is 0.220 e. The van der Waals surface area contributed by atoms with Gasteiger partial charge in [0.15, 0.2) is 0 Å². The zero-order chi connectivity index (χ0) is 20.4. The molecule has 0 atom stereocenters. The second-order valence-electron chi connectivity index (χ2n) is 6.51. The first-order valence-electron chi connectivity index (χ1n) is 9.72. The Hall–Kier alpha value is -3.56. The highest BCUT2D eigenvalue weighted by Crippen LogP contribution is 2.23. The minimum atomic E-state index is 0.539. The average Bonchev–Trinajstić information content (AvgIpc) is 2.81. The van der Waals surface area contributed by atoms with Gasteiger partial charge in [-0.25, -0.2) is 4.99 Å². The van der Waals surface area contributed by atoms with Crippen LogP contribution in [-0.2, 0) is 0 Å². The highest BCUT2D eigenvalue weighted by Gasteiger charge is 2.02. The molecule has 4 rings (SSSR count). The largest absolute Gasteiger partial charge is 0.439 e. The Kier molecular flexibility index (Phi) is 6.77. The number of rotatable bonds is 6. The molecule has 0 saturated carbocycles. The van der Waals surface area contributed by atoms with Crippen LogP contribution in [0.25, 0.3) is 11.1 Å². The van der Waals surface area contributed by atoms with E-state index in [0.29, 0.717) is 5.90 Å². The van der Waals surface area contributed by atoms with Crippen LogP contribution in [0.2, 0.25) is 0 Å². The van der Waals surface area contributed by atoms with Gasteiger partial charge in [0.2, 0.25) is 5.90 Å². The van der Waals surface area contributed by atoms with Crippen LogP contribution in [0.3, 0.4) is 0 Å². The maximum atomic E-state index is 6.02. The summed E-state index contributed by atoms with van der Waals surface area (Å²) < 4.78 is 6.02. The average molecular weight is 408 g/mol. The Bertz CT molecular complexity index is 1110. The molecule has 0 aliphatic heterocycles. The van der Waals surface area contributed by atoms with E-state index in [2.05, 4.69) is 36.4 Å². The van der Waals surface area contributed by atoms with Crippen LogP contribution in [0, 0.1) is 0 Å². The molecule has 30 heavy (non-hydrogen) atoms. The molecule has 0 unspecified atom stereocenters. The molecule has 0 amide bonds. The van der Waals surface area contributed by atoms with Gasteiger partial charge < -0.3 is 4.74 Å². The molecule has 146 valence electrons. The summed E-state index contributed by atoms with van der Waals surface area (Å²) in [5.74, 6) is 1.30. The summed E-state index contributed by atoms with van der Waals surface area (Å²) in [4.78, 5) is 5.88. The van der Waals surface area contributed by atoms with Crippen molar-refractivity contribution in [3.8, 4) is 16.9 Å². The van der Waals surface area contributed by atoms with E-state index in [4.69, 9.17) is 9.73 Å². The number of para-hydroxylation sites is 1. The topological polar surface area (TPSA) is 21.6 Å². The van der Waals surface area contributed by atoms with E-state index in [0.717, 1.165) is 17.0 Å². The standard InChI is InChI=1S/C27H21NOS/c1-4-10-22(11-5-1)23-16-18-24(19-17-23)28-27(29-25-12-6-2-7-13-25)20-21-30-26-14-8-3-9-15-26/h1-21H. The van der Waals surface area contributed by atoms with Gasteiger partial charge in [0.25, 0.3) is 0 Å². The van der Waals surface area contributed by atoms with Crippen LogP contribution in [0.1, 0.15) is 0 Å². The summed E-state index contributed by atoms with van der Waals surface area (Å²) in [7, 11) is 0. The van der Waals surface area contributed by atoms with Crippen molar-refractivity contribution < 1.29 is 4.74 Å². The summed E-state index contributed by atoms with van der Waals surface area (Å²) in [5.41, 5.74) is 3.19. The first-order valence-corrected chi connectivity index (χ1v) is 10.6. The lowest BCUT2D eigenvalue weighted by molar-refractivity contribution is 0.556. The molecule has 0 aliphatic rings. The van der Waals surface area contributed by atoms with Crippen LogP contribution < -0.4 is 4.74 Å². The monoisotopic (exact) mass is 407 g/mol. The number of thioether (sulfide) groups is 1. The fraction of sp³-hybridized carbons (Fsp3) is 0. The van der Waals surface area contributed by atoms with Gasteiger partial charge in [-0.05, 0) is 52.9 Å². The number of nitrogens with zero attached hydrogens (tertiary/aromatic N) is 1. The lowest BCUT2D eigenvalue weighted by Gasteiger charge is -2.06. The molecule has 0 heterocycles. The summed E-state index contributed by atoms with van der Waals surface area (Å²) in [6, 6.07) is 38.4. The molecule has 0 aromatic heterocycles. The van der Waals surface area contributed by atoms with Gasteiger partial charge in [-0.15, -0.1) is 0 Å². The lowest BCUT2D eigenvalue weighted by atomic mass is 10.1. The number of hydrogen-bond acceptors (Lipinski definition) is 3. The molecule has 2 nitrogen and oxygen atoms in total. The SMILES string of the molecule is C(=CC(=Nc1ccc(-c2ccccc2)cc1)Oc1ccccc1)Sc1ccccc1. The third-order valence-electron chi connectivity index (χ3n) is 4.34. The molecule has 3 heteroatoms. The van der Waals surface area contributed by atoms with Gasteiger partial charge in [-0.3, -0.25) is 0 Å². The first-order chi connectivity index (χ1) is 14.9. The van der Waals surface area contributed by atoms with Crippen molar-refractivity contribution in [1.29, 1.82) is 0 Å². The minimum absolute atomic E-state index is 0.539. The third kappa shape index (κ3) is 5.72. The van der Waals surface area contributed by atoms with E-state index in [1.165, 1.54) is 10.5 Å². The lowest BCUT2D eigenvalue weighted by Crippen LogP contribution is -2.04. The van der Waals surface area contributed by atoms with Gasteiger partial charge in [0, 0.05) is 11.0 Å². The molecule has 0 saturated heterocycles. The Morgan fingerprint density at radius 2 is 1.20 bits per heavy atom. The second kappa shape index (κ2) is 10.3. The Balaban J connectivity index is 1.55. The molecule has 0 N–H and O–H groups in total. The molecule has 4 aromatic rings. The van der Waals surface area contributed by atoms with Gasteiger partial charge in [0.1, 0.15) is 5.75 Å². The van der Waals surface area contributed by atoms with E-state index in [1.54, 1.807) is 11.8 Å². The van der Waals surface area contributed by atoms with E-state index in [-0.39, 0.29) is 0 Å². The fourth-order valence-electron chi connectivity index (χ4n) is 2.86. The predicted molar refractivity (Wildman–Crippen MR) is 127 cm³/mol. The van der Waals surface area contributed by atoms with Crippen molar-refractivity contribution in [1.82, 2.24) is 0 Å². The zero-order valence-electron chi connectivity index (χ0n) is 16.4. The van der Waals surface area contributed by atoms with Crippen LogP contribution in [-0.4, -0.2) is 5.90 Å². The summed E-state index contributed by atoms with van der Waals surface area (Å²) in [6.45, 7) is 0. The van der Waals surface area contributed by atoms with Crippen molar-refractivity contribution in [3.63, 3.8) is 0 Å². The summed E-state index contributed by atoms with van der Waals surface area (Å²) in [5, 5.41) is 2.00. The van der Waals surface area contributed by atoms with Crippen LogP contribution >= 0.6 is 11.8 Å². The van der Waals surface area contributed by atoms with Crippen molar-refractivity contribution in [2.75, 3.05) is 0 Å². The maximum absolute atomic E-state index is 6.02. The molecule has 0 aliphatic carbocycles. The maximum Gasteiger partial charge on any atom is 0.220 e. The molecule has 0 fully saturated rings. The van der Waals surface area contributed by atoms with E-state index in [9.17, 15) is 0 Å². The molecule has 0 bridgehead atoms. The number of ether oxygens (including phenoxy) is 1. The summed E-state index contributed by atoms with van der Waals surface area (Å²) >= 11 is 1.63. The van der Waals surface area contributed by atoms with Crippen molar-refractivity contribution in [3.05, 3.63) is 127 Å². The minimum Gasteiger partial charge on any atom is -0.439 e. The Labute approximate surface area is 181 Å². The highest BCUT2D eigenvalue weighted by atomic mass is 32.2. The second-order valence-corrected chi connectivity index (χ2v) is 7.49. The molecular weight excluding hydrogens is 386 g/mol. The highest BCUT2D eigenvalue weighted by molar-refractivity contribution is 8.02. The quantitative estimate of drug-likeness (QED) is 0.185. The molecule has 4 aromatic carbocycles.